The maximum atomic E-state index is 12.3. The van der Waals surface area contributed by atoms with E-state index in [1.54, 1.807) is 29.2 Å². The first-order chi connectivity index (χ1) is 12.5. The number of carbonyl (C=O) groups excluding carboxylic acids is 1. The standard InChI is InChI=1S/C19H27N3O4S/c1-14-5-7-16(8-6-14)27(24,25)21-20-15-11-19(12-15)9-10-22(13-19)17(23)26-18(2,3)4/h5-8,21H,9-13H2,1-4H3. The number of nitrogens with zero attached hydrogens (tertiary/aromatic N) is 2. The molecule has 1 aromatic rings. The van der Waals surface area contributed by atoms with Crippen LogP contribution in [0.5, 0.6) is 0 Å². The number of hydrogen-bond donors (Lipinski definition) is 1. The van der Waals surface area contributed by atoms with Crippen molar-refractivity contribution in [1.82, 2.24) is 9.73 Å². The van der Waals surface area contributed by atoms with Crippen LogP contribution in [-0.4, -0.2) is 43.8 Å². The van der Waals surface area contributed by atoms with Crippen molar-refractivity contribution in [2.75, 3.05) is 13.1 Å². The molecule has 0 aromatic heterocycles. The molecular formula is C19H27N3O4S. The van der Waals surface area contributed by atoms with Crippen molar-refractivity contribution in [1.29, 1.82) is 0 Å². The number of hydrazone groups is 1. The van der Waals surface area contributed by atoms with Gasteiger partial charge in [0, 0.05) is 24.2 Å². The zero-order valence-electron chi connectivity index (χ0n) is 16.3. The molecule has 1 saturated carbocycles. The van der Waals surface area contributed by atoms with Crippen LogP contribution in [0, 0.1) is 12.3 Å². The highest BCUT2D eigenvalue weighted by Gasteiger charge is 2.48. The van der Waals surface area contributed by atoms with E-state index in [1.165, 1.54) is 0 Å². The van der Waals surface area contributed by atoms with Gasteiger partial charge in [-0.2, -0.15) is 13.5 Å². The summed E-state index contributed by atoms with van der Waals surface area (Å²) in [5.41, 5.74) is 1.31. The number of benzene rings is 1. The SMILES string of the molecule is Cc1ccc(S(=O)(=O)NN=C2CC3(CCN(C(=O)OC(C)(C)C)C3)C2)cc1. The summed E-state index contributed by atoms with van der Waals surface area (Å²) in [4.78, 5) is 16.4. The first kappa shape index (κ1) is 19.7. The van der Waals surface area contributed by atoms with Crippen molar-refractivity contribution in [2.24, 2.45) is 10.5 Å². The molecule has 8 heteroatoms. The molecule has 2 aliphatic rings. The van der Waals surface area contributed by atoms with E-state index in [2.05, 4.69) is 9.93 Å². The third-order valence-electron chi connectivity index (χ3n) is 4.90. The average Bonchev–Trinajstić information content (AvgIpc) is 2.96. The molecule has 0 bridgehead atoms. The van der Waals surface area contributed by atoms with Crippen LogP contribution in [0.15, 0.2) is 34.3 Å². The summed E-state index contributed by atoms with van der Waals surface area (Å²) in [7, 11) is -3.65. The predicted molar refractivity (Wildman–Crippen MR) is 103 cm³/mol. The highest BCUT2D eigenvalue weighted by Crippen LogP contribution is 2.46. The molecule has 1 aliphatic heterocycles. The summed E-state index contributed by atoms with van der Waals surface area (Å²) in [5.74, 6) is 0. The zero-order valence-corrected chi connectivity index (χ0v) is 17.1. The summed E-state index contributed by atoms with van der Waals surface area (Å²) < 4.78 is 30.0. The number of sulfonamides is 1. The minimum atomic E-state index is -3.65. The van der Waals surface area contributed by atoms with Crippen LogP contribution in [0.4, 0.5) is 4.79 Å². The molecule has 27 heavy (non-hydrogen) atoms. The van der Waals surface area contributed by atoms with Crippen LogP contribution in [0.25, 0.3) is 0 Å². The second-order valence-corrected chi connectivity index (χ2v) is 10.3. The van der Waals surface area contributed by atoms with Gasteiger partial charge in [0.25, 0.3) is 10.0 Å². The fourth-order valence-corrected chi connectivity index (χ4v) is 4.34. The third kappa shape index (κ3) is 4.61. The molecule has 1 heterocycles. The van der Waals surface area contributed by atoms with Gasteiger partial charge in [0.15, 0.2) is 0 Å². The molecular weight excluding hydrogens is 366 g/mol. The van der Waals surface area contributed by atoms with Crippen LogP contribution in [0.3, 0.4) is 0 Å². The van der Waals surface area contributed by atoms with Crippen molar-refractivity contribution in [3.63, 3.8) is 0 Å². The van der Waals surface area contributed by atoms with Crippen LogP contribution < -0.4 is 4.83 Å². The summed E-state index contributed by atoms with van der Waals surface area (Å²) in [6.07, 6.45) is 1.99. The summed E-state index contributed by atoms with van der Waals surface area (Å²) in [6.45, 7) is 8.75. The van der Waals surface area contributed by atoms with Crippen LogP contribution in [-0.2, 0) is 14.8 Å². The van der Waals surface area contributed by atoms with Crippen molar-refractivity contribution < 1.29 is 17.9 Å². The molecule has 7 nitrogen and oxygen atoms in total. The first-order valence-corrected chi connectivity index (χ1v) is 10.6. The Morgan fingerprint density at radius 1 is 1.22 bits per heavy atom. The largest absolute Gasteiger partial charge is 0.444 e. The van der Waals surface area contributed by atoms with Crippen molar-refractivity contribution in [2.45, 2.75) is 57.5 Å². The van der Waals surface area contributed by atoms with Crippen LogP contribution in [0.1, 0.15) is 45.6 Å². The van der Waals surface area contributed by atoms with Gasteiger partial charge in [-0.15, -0.1) is 0 Å². The Morgan fingerprint density at radius 2 is 1.85 bits per heavy atom. The average molecular weight is 394 g/mol. The Balaban J connectivity index is 1.55. The maximum absolute atomic E-state index is 12.3. The van der Waals surface area contributed by atoms with E-state index in [1.807, 2.05) is 27.7 Å². The molecule has 1 aromatic carbocycles. The molecule has 3 rings (SSSR count). The number of amides is 1. The van der Waals surface area contributed by atoms with E-state index in [0.717, 1.165) is 17.7 Å². The van der Waals surface area contributed by atoms with Gasteiger partial charge in [-0.1, -0.05) is 17.7 Å². The molecule has 1 amide bonds. The number of ether oxygens (including phenoxy) is 1. The van der Waals surface area contributed by atoms with E-state index in [0.29, 0.717) is 25.9 Å². The highest BCUT2D eigenvalue weighted by atomic mass is 32.2. The topological polar surface area (TPSA) is 88.1 Å². The number of nitrogens with one attached hydrogen (secondary N) is 1. The van der Waals surface area contributed by atoms with Crippen LogP contribution in [0.2, 0.25) is 0 Å². The second-order valence-electron chi connectivity index (χ2n) is 8.59. The number of aryl methyl sites for hydroxylation is 1. The van der Waals surface area contributed by atoms with E-state index in [9.17, 15) is 13.2 Å². The monoisotopic (exact) mass is 393 g/mol. The van der Waals surface area contributed by atoms with Crippen LogP contribution >= 0.6 is 0 Å². The third-order valence-corrected chi connectivity index (χ3v) is 6.13. The minimum absolute atomic E-state index is 0.00500. The molecule has 2 fully saturated rings. The lowest BCUT2D eigenvalue weighted by Crippen LogP contribution is -2.43. The minimum Gasteiger partial charge on any atom is -0.444 e. The predicted octanol–water partition coefficient (Wildman–Crippen LogP) is 3.05. The lowest BCUT2D eigenvalue weighted by atomic mass is 9.67. The number of likely N-dealkylation sites (tertiary alicyclic amines) is 1. The molecule has 1 saturated heterocycles. The van der Waals surface area contributed by atoms with Gasteiger partial charge in [0.2, 0.25) is 0 Å². The van der Waals surface area contributed by atoms with E-state index >= 15 is 0 Å². The summed E-state index contributed by atoms with van der Waals surface area (Å²) in [6, 6.07) is 6.64. The van der Waals surface area contributed by atoms with E-state index < -0.39 is 15.6 Å². The molecule has 148 valence electrons. The first-order valence-electron chi connectivity index (χ1n) is 9.10. The van der Waals surface area contributed by atoms with Gasteiger partial charge < -0.3 is 9.64 Å². The number of carbonyl (C=O) groups is 1. The van der Waals surface area contributed by atoms with Gasteiger partial charge in [-0.3, -0.25) is 0 Å². The Labute approximate surface area is 160 Å². The van der Waals surface area contributed by atoms with E-state index in [-0.39, 0.29) is 16.4 Å². The second kappa shape index (κ2) is 6.82. The number of rotatable bonds is 3. The smallest absolute Gasteiger partial charge is 0.410 e. The van der Waals surface area contributed by atoms with Gasteiger partial charge in [0.05, 0.1) is 4.90 Å². The number of hydrogen-bond acceptors (Lipinski definition) is 5. The normalized spacial score (nSPS) is 22.5. The Kier molecular flexibility index (Phi) is 4.96. The lowest BCUT2D eigenvalue weighted by Gasteiger charge is -2.39. The maximum Gasteiger partial charge on any atom is 0.410 e. The van der Waals surface area contributed by atoms with Gasteiger partial charge in [0.1, 0.15) is 5.60 Å². The molecule has 0 atom stereocenters. The van der Waals surface area contributed by atoms with Crippen molar-refractivity contribution in [3.8, 4) is 0 Å². The molecule has 1 aliphatic carbocycles. The molecule has 0 unspecified atom stereocenters. The van der Waals surface area contributed by atoms with Crippen molar-refractivity contribution in [3.05, 3.63) is 29.8 Å². The highest BCUT2D eigenvalue weighted by molar-refractivity contribution is 7.89. The lowest BCUT2D eigenvalue weighted by molar-refractivity contribution is 0.0269. The Hall–Kier alpha value is -2.09. The van der Waals surface area contributed by atoms with Gasteiger partial charge in [-0.25, -0.2) is 9.63 Å². The van der Waals surface area contributed by atoms with Gasteiger partial charge >= 0.3 is 6.09 Å². The van der Waals surface area contributed by atoms with E-state index in [4.69, 9.17) is 4.74 Å². The van der Waals surface area contributed by atoms with Gasteiger partial charge in [-0.05, 0) is 59.1 Å². The summed E-state index contributed by atoms with van der Waals surface area (Å²) in [5, 5.41) is 4.09. The molecule has 1 N–H and O–H groups in total. The molecule has 1 spiro atoms. The zero-order chi connectivity index (χ0) is 19.9. The Bertz CT molecular complexity index is 846. The fraction of sp³-hybridized carbons (Fsp3) is 0.579. The summed E-state index contributed by atoms with van der Waals surface area (Å²) >= 11 is 0. The molecule has 0 radical (unpaired) electrons. The Morgan fingerprint density at radius 3 is 2.44 bits per heavy atom. The quantitative estimate of drug-likeness (QED) is 0.800. The van der Waals surface area contributed by atoms with Crippen molar-refractivity contribution >= 4 is 21.8 Å². The fourth-order valence-electron chi connectivity index (χ4n) is 3.49.